The van der Waals surface area contributed by atoms with Crippen molar-refractivity contribution in [1.82, 2.24) is 0 Å². The first-order chi connectivity index (χ1) is 24.1. The standard InChI is InChI=1S/C48H82O2/c1-8-10-11-12-13-14-15-16-17-18-19-20-21-22-23-24-25-46(49)50-41-32-34-47(6)40(36-41)28-29-42-44-31-30-43(48(44,7)35-33-45(42)47)38(5)26-27-39(9-2)37(3)4/h17-18,26-28,37-39,41-45H,8-16,19-25,29-36H2,1-7H3/b18-17+,27-26+. The molecule has 0 aromatic rings. The van der Waals surface area contributed by atoms with Gasteiger partial charge in [0.2, 0.25) is 0 Å². The van der Waals surface area contributed by atoms with Crippen LogP contribution in [0.2, 0.25) is 0 Å². The Morgan fingerprint density at radius 3 is 2.12 bits per heavy atom. The molecular weight excluding hydrogens is 609 g/mol. The minimum Gasteiger partial charge on any atom is -0.462 e. The maximum Gasteiger partial charge on any atom is 0.306 e. The van der Waals surface area contributed by atoms with E-state index in [-0.39, 0.29) is 12.1 Å². The molecule has 4 aliphatic carbocycles. The minimum atomic E-state index is 0.0495. The molecule has 0 amide bonds. The van der Waals surface area contributed by atoms with Crippen molar-refractivity contribution in [1.29, 1.82) is 0 Å². The molecule has 286 valence electrons. The molecule has 3 fully saturated rings. The van der Waals surface area contributed by atoms with Crippen LogP contribution < -0.4 is 0 Å². The van der Waals surface area contributed by atoms with Gasteiger partial charge in [-0.3, -0.25) is 4.79 Å². The Hall–Kier alpha value is -1.31. The summed E-state index contributed by atoms with van der Waals surface area (Å²) in [6.45, 7) is 17.2. The maximum atomic E-state index is 12.9. The summed E-state index contributed by atoms with van der Waals surface area (Å²) < 4.78 is 6.14. The van der Waals surface area contributed by atoms with Gasteiger partial charge in [0.15, 0.2) is 0 Å². The van der Waals surface area contributed by atoms with Crippen LogP contribution in [0, 0.1) is 52.3 Å². The topological polar surface area (TPSA) is 26.3 Å². The molecule has 0 aliphatic heterocycles. The molecule has 0 aromatic carbocycles. The molecule has 0 heterocycles. The summed E-state index contributed by atoms with van der Waals surface area (Å²) in [6.07, 6.45) is 42.9. The molecule has 0 radical (unpaired) electrons. The van der Waals surface area contributed by atoms with Crippen molar-refractivity contribution in [2.24, 2.45) is 52.3 Å². The Kier molecular flexibility index (Phi) is 17.2. The number of fused-ring (bicyclic) bond motifs is 5. The predicted octanol–water partition coefficient (Wildman–Crippen LogP) is 14.8. The Labute approximate surface area is 311 Å². The molecule has 0 saturated heterocycles. The molecule has 4 aliphatic rings. The zero-order valence-corrected chi connectivity index (χ0v) is 34.3. The summed E-state index contributed by atoms with van der Waals surface area (Å²) >= 11 is 0. The van der Waals surface area contributed by atoms with Crippen molar-refractivity contribution in [2.75, 3.05) is 0 Å². The van der Waals surface area contributed by atoms with Gasteiger partial charge in [-0.15, -0.1) is 0 Å². The van der Waals surface area contributed by atoms with E-state index in [1.807, 2.05) is 0 Å². The average molecular weight is 691 g/mol. The summed E-state index contributed by atoms with van der Waals surface area (Å²) in [5.74, 6) is 5.53. The van der Waals surface area contributed by atoms with Crippen LogP contribution in [0.1, 0.15) is 203 Å². The molecule has 0 spiro atoms. The zero-order chi connectivity index (χ0) is 36.0. The molecule has 2 heteroatoms. The van der Waals surface area contributed by atoms with Gasteiger partial charge < -0.3 is 4.74 Å². The van der Waals surface area contributed by atoms with Crippen molar-refractivity contribution >= 4 is 5.97 Å². The van der Waals surface area contributed by atoms with Crippen LogP contribution in [-0.4, -0.2) is 12.1 Å². The number of hydrogen-bond acceptors (Lipinski definition) is 2. The molecule has 4 rings (SSSR count). The van der Waals surface area contributed by atoms with Gasteiger partial charge in [-0.25, -0.2) is 0 Å². The summed E-state index contributed by atoms with van der Waals surface area (Å²) in [4.78, 5) is 12.9. The molecule has 0 bridgehead atoms. The molecule has 0 N–H and O–H groups in total. The normalized spacial score (nSPS) is 32.2. The van der Waals surface area contributed by atoms with Gasteiger partial charge >= 0.3 is 5.97 Å². The van der Waals surface area contributed by atoms with Crippen LogP contribution in [0.4, 0.5) is 0 Å². The molecular formula is C48H82O2. The van der Waals surface area contributed by atoms with Crippen LogP contribution in [0.15, 0.2) is 36.0 Å². The van der Waals surface area contributed by atoms with E-state index in [0.717, 1.165) is 55.3 Å². The van der Waals surface area contributed by atoms with Gasteiger partial charge in [0.05, 0.1) is 0 Å². The number of esters is 1. The Morgan fingerprint density at radius 2 is 1.46 bits per heavy atom. The van der Waals surface area contributed by atoms with E-state index in [1.165, 1.54) is 122 Å². The van der Waals surface area contributed by atoms with E-state index in [9.17, 15) is 4.79 Å². The lowest BCUT2D eigenvalue weighted by molar-refractivity contribution is -0.151. The van der Waals surface area contributed by atoms with Crippen LogP contribution in [0.5, 0.6) is 0 Å². The number of rotatable bonds is 22. The lowest BCUT2D eigenvalue weighted by atomic mass is 9.47. The Bertz CT molecular complexity index is 1080. The third-order valence-corrected chi connectivity index (χ3v) is 14.9. The number of carbonyl (C=O) groups excluding carboxylic acids is 1. The first-order valence-corrected chi connectivity index (χ1v) is 22.4. The van der Waals surface area contributed by atoms with Crippen molar-refractivity contribution in [3.8, 4) is 0 Å². The third kappa shape index (κ3) is 11.1. The molecule has 50 heavy (non-hydrogen) atoms. The molecule has 0 aromatic heterocycles. The molecule has 9 atom stereocenters. The zero-order valence-electron chi connectivity index (χ0n) is 34.3. The van der Waals surface area contributed by atoms with E-state index in [1.54, 1.807) is 5.57 Å². The second-order valence-corrected chi connectivity index (χ2v) is 18.6. The second kappa shape index (κ2) is 20.8. The van der Waals surface area contributed by atoms with Crippen LogP contribution >= 0.6 is 0 Å². The van der Waals surface area contributed by atoms with Crippen LogP contribution in [-0.2, 0) is 9.53 Å². The SMILES string of the molecule is CCCCCCCCC/C=C/CCCCCCCC(=O)OC1CCC2(C)C(=CCC3C2CCC2(C)C(C(C)/C=C/C(CC)C(C)C)CCC32)C1. The van der Waals surface area contributed by atoms with E-state index < -0.39 is 0 Å². The summed E-state index contributed by atoms with van der Waals surface area (Å²) in [5, 5.41) is 0. The van der Waals surface area contributed by atoms with E-state index in [0.29, 0.717) is 29.1 Å². The minimum absolute atomic E-state index is 0.0495. The second-order valence-electron chi connectivity index (χ2n) is 18.6. The highest BCUT2D eigenvalue weighted by Crippen LogP contribution is 2.67. The molecule has 9 unspecified atom stereocenters. The van der Waals surface area contributed by atoms with Crippen molar-refractivity contribution < 1.29 is 9.53 Å². The maximum absolute atomic E-state index is 12.9. The van der Waals surface area contributed by atoms with Crippen molar-refractivity contribution in [3.63, 3.8) is 0 Å². The third-order valence-electron chi connectivity index (χ3n) is 14.9. The lowest BCUT2D eigenvalue weighted by Gasteiger charge is -2.58. The fraction of sp³-hybridized carbons (Fsp3) is 0.854. The highest BCUT2D eigenvalue weighted by Gasteiger charge is 2.59. The van der Waals surface area contributed by atoms with Crippen molar-refractivity contribution in [3.05, 3.63) is 36.0 Å². The van der Waals surface area contributed by atoms with E-state index >= 15 is 0 Å². The fourth-order valence-electron chi connectivity index (χ4n) is 11.7. The number of carbonyl (C=O) groups is 1. The summed E-state index contributed by atoms with van der Waals surface area (Å²) in [7, 11) is 0. The Morgan fingerprint density at radius 1 is 0.800 bits per heavy atom. The van der Waals surface area contributed by atoms with Crippen LogP contribution in [0.3, 0.4) is 0 Å². The van der Waals surface area contributed by atoms with Gasteiger partial charge in [-0.1, -0.05) is 142 Å². The Balaban J connectivity index is 1.13. The fourth-order valence-corrected chi connectivity index (χ4v) is 11.7. The van der Waals surface area contributed by atoms with Gasteiger partial charge in [0.1, 0.15) is 6.10 Å². The highest BCUT2D eigenvalue weighted by molar-refractivity contribution is 5.69. The first kappa shape index (κ1) is 41.4. The van der Waals surface area contributed by atoms with Crippen LogP contribution in [0.25, 0.3) is 0 Å². The van der Waals surface area contributed by atoms with Gasteiger partial charge in [0.25, 0.3) is 0 Å². The van der Waals surface area contributed by atoms with Gasteiger partial charge in [0, 0.05) is 12.8 Å². The monoisotopic (exact) mass is 691 g/mol. The largest absolute Gasteiger partial charge is 0.462 e. The molecule has 2 nitrogen and oxygen atoms in total. The average Bonchev–Trinajstić information content (AvgIpc) is 3.45. The van der Waals surface area contributed by atoms with Gasteiger partial charge in [-0.05, 0) is 136 Å². The summed E-state index contributed by atoms with van der Waals surface area (Å²) in [5.41, 5.74) is 2.43. The van der Waals surface area contributed by atoms with E-state index in [4.69, 9.17) is 4.74 Å². The van der Waals surface area contributed by atoms with Crippen molar-refractivity contribution in [2.45, 2.75) is 209 Å². The number of unbranched alkanes of at least 4 members (excludes halogenated alkanes) is 12. The van der Waals surface area contributed by atoms with Gasteiger partial charge in [-0.2, -0.15) is 0 Å². The lowest BCUT2D eigenvalue weighted by Crippen LogP contribution is -2.51. The summed E-state index contributed by atoms with van der Waals surface area (Å²) in [6, 6.07) is 0. The number of hydrogen-bond donors (Lipinski definition) is 0. The molecule has 3 saturated carbocycles. The highest BCUT2D eigenvalue weighted by atomic mass is 16.5. The quantitative estimate of drug-likeness (QED) is 0.0642. The number of ether oxygens (including phenoxy) is 1. The smallest absolute Gasteiger partial charge is 0.306 e. The predicted molar refractivity (Wildman–Crippen MR) is 216 cm³/mol. The number of allylic oxidation sites excluding steroid dienone is 5. The first-order valence-electron chi connectivity index (χ1n) is 22.4. The van der Waals surface area contributed by atoms with E-state index in [2.05, 4.69) is 78.8 Å².